The summed E-state index contributed by atoms with van der Waals surface area (Å²) < 4.78 is 5.57. The van der Waals surface area contributed by atoms with Crippen LogP contribution in [0.3, 0.4) is 0 Å². The van der Waals surface area contributed by atoms with E-state index in [1.807, 2.05) is 49.4 Å². The number of aryl methyl sites for hydroxylation is 1. The van der Waals surface area contributed by atoms with E-state index in [4.69, 9.17) is 4.74 Å². The van der Waals surface area contributed by atoms with Gasteiger partial charge in [0, 0.05) is 18.7 Å². The molecule has 1 N–H and O–H groups in total. The zero-order valence-electron chi connectivity index (χ0n) is 16.1. The van der Waals surface area contributed by atoms with Crippen LogP contribution in [0, 0.1) is 6.92 Å². The summed E-state index contributed by atoms with van der Waals surface area (Å²) >= 11 is 1.44. The lowest BCUT2D eigenvalue weighted by atomic mass is 10.2. The number of benzene rings is 2. The molecule has 1 saturated heterocycles. The van der Waals surface area contributed by atoms with E-state index in [1.54, 1.807) is 17.0 Å². The standard InChI is InChI=1S/C22H21N3O3S/c1-15-21(16-6-3-2-4-7-16)29-22(23-15)24-19(26)14-28-18-11-9-17(10-12-18)25-13-5-8-20(25)27/h2-4,6-7,9-12H,5,8,13-14H2,1H3,(H,23,24,26). The van der Waals surface area contributed by atoms with Crippen LogP contribution in [-0.2, 0) is 9.59 Å². The summed E-state index contributed by atoms with van der Waals surface area (Å²) in [4.78, 5) is 31.3. The minimum Gasteiger partial charge on any atom is -0.484 e. The van der Waals surface area contributed by atoms with E-state index >= 15 is 0 Å². The second-order valence-electron chi connectivity index (χ2n) is 6.78. The Kier molecular flexibility index (Phi) is 5.57. The minimum atomic E-state index is -0.267. The van der Waals surface area contributed by atoms with Crippen LogP contribution < -0.4 is 15.0 Å². The van der Waals surface area contributed by atoms with E-state index in [1.165, 1.54) is 11.3 Å². The van der Waals surface area contributed by atoms with Gasteiger partial charge in [0.15, 0.2) is 11.7 Å². The summed E-state index contributed by atoms with van der Waals surface area (Å²) in [5.41, 5.74) is 2.82. The van der Waals surface area contributed by atoms with E-state index in [0.717, 1.165) is 34.8 Å². The molecule has 0 saturated carbocycles. The fraction of sp³-hybridized carbons (Fsp3) is 0.227. The molecule has 2 aromatic carbocycles. The average molecular weight is 407 g/mol. The molecule has 3 aromatic rings. The normalized spacial score (nSPS) is 13.6. The van der Waals surface area contributed by atoms with Crippen molar-refractivity contribution in [2.24, 2.45) is 0 Å². The van der Waals surface area contributed by atoms with Crippen LogP contribution in [0.5, 0.6) is 5.75 Å². The Morgan fingerprint density at radius 2 is 1.93 bits per heavy atom. The van der Waals surface area contributed by atoms with Gasteiger partial charge in [0.05, 0.1) is 10.6 Å². The molecule has 7 heteroatoms. The molecule has 1 aliphatic heterocycles. The van der Waals surface area contributed by atoms with Crippen LogP contribution in [0.2, 0.25) is 0 Å². The fourth-order valence-electron chi connectivity index (χ4n) is 3.25. The van der Waals surface area contributed by atoms with Crippen LogP contribution in [0.4, 0.5) is 10.8 Å². The fourth-order valence-corrected chi connectivity index (χ4v) is 4.24. The van der Waals surface area contributed by atoms with Crippen molar-refractivity contribution < 1.29 is 14.3 Å². The molecule has 1 aliphatic rings. The van der Waals surface area contributed by atoms with Gasteiger partial charge in [-0.15, -0.1) is 0 Å². The van der Waals surface area contributed by atoms with Crippen molar-refractivity contribution in [2.75, 3.05) is 23.4 Å². The number of amides is 2. The minimum absolute atomic E-state index is 0.110. The van der Waals surface area contributed by atoms with Gasteiger partial charge in [0.1, 0.15) is 5.75 Å². The number of ether oxygens (including phenoxy) is 1. The Hall–Kier alpha value is -3.19. The van der Waals surface area contributed by atoms with Gasteiger partial charge in [-0.1, -0.05) is 41.7 Å². The Morgan fingerprint density at radius 3 is 2.62 bits per heavy atom. The monoisotopic (exact) mass is 407 g/mol. The maximum absolute atomic E-state index is 12.2. The smallest absolute Gasteiger partial charge is 0.264 e. The number of hydrogen-bond acceptors (Lipinski definition) is 5. The molecule has 6 nitrogen and oxygen atoms in total. The second kappa shape index (κ2) is 8.45. The zero-order chi connectivity index (χ0) is 20.2. The average Bonchev–Trinajstić information content (AvgIpc) is 3.32. The number of nitrogens with zero attached hydrogens (tertiary/aromatic N) is 2. The van der Waals surface area contributed by atoms with Gasteiger partial charge < -0.3 is 9.64 Å². The quantitative estimate of drug-likeness (QED) is 0.663. The summed E-state index contributed by atoms with van der Waals surface area (Å²) in [5, 5.41) is 3.35. The summed E-state index contributed by atoms with van der Waals surface area (Å²) in [5.74, 6) is 0.458. The highest BCUT2D eigenvalue weighted by Gasteiger charge is 2.21. The van der Waals surface area contributed by atoms with Crippen molar-refractivity contribution in [3.63, 3.8) is 0 Å². The molecule has 1 aromatic heterocycles. The van der Waals surface area contributed by atoms with Crippen molar-refractivity contribution >= 4 is 34.0 Å². The van der Waals surface area contributed by atoms with E-state index < -0.39 is 0 Å². The van der Waals surface area contributed by atoms with Gasteiger partial charge in [-0.25, -0.2) is 4.98 Å². The Labute approximate surface area is 173 Å². The molecule has 0 radical (unpaired) electrons. The first-order valence-corrected chi connectivity index (χ1v) is 10.3. The highest BCUT2D eigenvalue weighted by molar-refractivity contribution is 7.19. The first-order valence-electron chi connectivity index (χ1n) is 9.46. The molecule has 0 spiro atoms. The lowest BCUT2D eigenvalue weighted by Gasteiger charge is -2.16. The van der Waals surface area contributed by atoms with Crippen LogP contribution in [0.25, 0.3) is 10.4 Å². The van der Waals surface area contributed by atoms with Crippen LogP contribution in [0.1, 0.15) is 18.5 Å². The van der Waals surface area contributed by atoms with E-state index in [0.29, 0.717) is 17.3 Å². The zero-order valence-corrected chi connectivity index (χ0v) is 16.9. The lowest BCUT2D eigenvalue weighted by molar-refractivity contribution is -0.118. The summed E-state index contributed by atoms with van der Waals surface area (Å²) in [6.07, 6.45) is 1.49. The van der Waals surface area contributed by atoms with Crippen molar-refractivity contribution in [2.45, 2.75) is 19.8 Å². The van der Waals surface area contributed by atoms with Gasteiger partial charge in [-0.3, -0.25) is 14.9 Å². The summed E-state index contributed by atoms with van der Waals surface area (Å²) in [6, 6.07) is 17.2. The number of thiazole rings is 1. The molecule has 0 atom stereocenters. The summed E-state index contributed by atoms with van der Waals surface area (Å²) in [6.45, 7) is 2.57. The highest BCUT2D eigenvalue weighted by Crippen LogP contribution is 2.32. The second-order valence-corrected chi connectivity index (χ2v) is 7.78. The number of hydrogen-bond donors (Lipinski definition) is 1. The summed E-state index contributed by atoms with van der Waals surface area (Å²) in [7, 11) is 0. The molecule has 0 unspecified atom stereocenters. The predicted molar refractivity (Wildman–Crippen MR) is 114 cm³/mol. The van der Waals surface area contributed by atoms with Crippen LogP contribution in [-0.4, -0.2) is 29.9 Å². The predicted octanol–water partition coefficient (Wildman–Crippen LogP) is 4.26. The maximum atomic E-state index is 12.2. The highest BCUT2D eigenvalue weighted by atomic mass is 32.1. The molecule has 0 bridgehead atoms. The molecule has 0 aliphatic carbocycles. The third-order valence-electron chi connectivity index (χ3n) is 4.67. The molecule has 1 fully saturated rings. The third kappa shape index (κ3) is 4.46. The Bertz CT molecular complexity index is 1020. The number of anilines is 2. The van der Waals surface area contributed by atoms with Gasteiger partial charge in [0.25, 0.3) is 5.91 Å². The lowest BCUT2D eigenvalue weighted by Crippen LogP contribution is -2.23. The topological polar surface area (TPSA) is 71.5 Å². The molecule has 2 heterocycles. The molecule has 148 valence electrons. The number of carbonyl (C=O) groups excluding carboxylic acids is 2. The van der Waals surface area contributed by atoms with Crippen molar-refractivity contribution in [3.8, 4) is 16.2 Å². The van der Waals surface area contributed by atoms with Crippen LogP contribution in [0.15, 0.2) is 54.6 Å². The van der Waals surface area contributed by atoms with Crippen LogP contribution >= 0.6 is 11.3 Å². The Morgan fingerprint density at radius 1 is 1.17 bits per heavy atom. The van der Waals surface area contributed by atoms with Crippen molar-refractivity contribution in [1.29, 1.82) is 0 Å². The maximum Gasteiger partial charge on any atom is 0.264 e. The largest absolute Gasteiger partial charge is 0.484 e. The molecular formula is C22H21N3O3S. The van der Waals surface area contributed by atoms with Gasteiger partial charge >= 0.3 is 0 Å². The van der Waals surface area contributed by atoms with Gasteiger partial charge in [-0.05, 0) is 43.2 Å². The molecule has 29 heavy (non-hydrogen) atoms. The van der Waals surface area contributed by atoms with Crippen molar-refractivity contribution in [1.82, 2.24) is 4.98 Å². The van der Waals surface area contributed by atoms with E-state index in [9.17, 15) is 9.59 Å². The van der Waals surface area contributed by atoms with Gasteiger partial charge in [0.2, 0.25) is 5.91 Å². The Balaban J connectivity index is 1.33. The first kappa shape index (κ1) is 19.1. The number of carbonyl (C=O) groups is 2. The SMILES string of the molecule is Cc1nc(NC(=O)COc2ccc(N3CCCC3=O)cc2)sc1-c1ccccc1. The van der Waals surface area contributed by atoms with Gasteiger partial charge in [-0.2, -0.15) is 0 Å². The first-order chi connectivity index (χ1) is 14.1. The number of rotatable bonds is 6. The molecule has 4 rings (SSSR count). The molecule has 2 amide bonds. The number of aromatic nitrogens is 1. The third-order valence-corrected chi connectivity index (χ3v) is 5.79. The molecular weight excluding hydrogens is 386 g/mol. The van der Waals surface area contributed by atoms with Crippen molar-refractivity contribution in [3.05, 3.63) is 60.3 Å². The van der Waals surface area contributed by atoms with E-state index in [-0.39, 0.29) is 18.4 Å². The van der Waals surface area contributed by atoms with E-state index in [2.05, 4.69) is 10.3 Å². The number of nitrogens with one attached hydrogen (secondary N) is 1.